The minimum absolute atomic E-state index is 0.0214. The molecule has 1 unspecified atom stereocenters. The molecule has 4 heteroatoms. The molecule has 0 spiro atoms. The molecule has 2 nitrogen and oxygen atoms in total. The smallest absolute Gasteiger partial charge is 0.251 e. The first-order chi connectivity index (χ1) is 9.95. The highest BCUT2D eigenvalue weighted by Crippen LogP contribution is 2.17. The molecule has 0 fully saturated rings. The first kappa shape index (κ1) is 15.7. The summed E-state index contributed by atoms with van der Waals surface area (Å²) in [5.41, 5.74) is 2.66. The number of nitrogens with one attached hydrogen (secondary N) is 1. The van der Waals surface area contributed by atoms with Gasteiger partial charge in [-0.1, -0.05) is 28.1 Å². The summed E-state index contributed by atoms with van der Waals surface area (Å²) in [6.07, 6.45) is 0.668. The van der Waals surface area contributed by atoms with Crippen molar-refractivity contribution in [1.29, 1.82) is 0 Å². The van der Waals surface area contributed by atoms with Crippen LogP contribution in [0.15, 0.2) is 46.9 Å². The van der Waals surface area contributed by atoms with Gasteiger partial charge in [0, 0.05) is 16.1 Å². The van der Waals surface area contributed by atoms with Crippen molar-refractivity contribution in [3.63, 3.8) is 0 Å². The zero-order valence-corrected chi connectivity index (χ0v) is 13.6. The summed E-state index contributed by atoms with van der Waals surface area (Å²) in [5.74, 6) is -0.346. The van der Waals surface area contributed by atoms with Crippen LogP contribution in [0.1, 0.15) is 28.4 Å². The SMILES string of the molecule is Cc1cc(C(=O)NC(C)Cc2ccc(F)cc2)ccc1Br. The Morgan fingerprint density at radius 3 is 2.52 bits per heavy atom. The molecule has 0 bridgehead atoms. The van der Waals surface area contributed by atoms with Crippen LogP contribution in [0.3, 0.4) is 0 Å². The molecule has 21 heavy (non-hydrogen) atoms. The van der Waals surface area contributed by atoms with Crippen LogP contribution in [0.5, 0.6) is 0 Å². The summed E-state index contributed by atoms with van der Waals surface area (Å²) in [7, 11) is 0. The van der Waals surface area contributed by atoms with E-state index in [0.29, 0.717) is 12.0 Å². The van der Waals surface area contributed by atoms with E-state index in [1.807, 2.05) is 26.0 Å². The number of rotatable bonds is 4. The van der Waals surface area contributed by atoms with Crippen LogP contribution >= 0.6 is 15.9 Å². The van der Waals surface area contributed by atoms with Crippen molar-refractivity contribution in [2.24, 2.45) is 0 Å². The number of amides is 1. The molecule has 0 aliphatic heterocycles. The lowest BCUT2D eigenvalue weighted by molar-refractivity contribution is 0.0940. The normalized spacial score (nSPS) is 12.0. The van der Waals surface area contributed by atoms with Gasteiger partial charge in [-0.25, -0.2) is 4.39 Å². The largest absolute Gasteiger partial charge is 0.349 e. The van der Waals surface area contributed by atoms with E-state index in [1.165, 1.54) is 12.1 Å². The highest BCUT2D eigenvalue weighted by atomic mass is 79.9. The van der Waals surface area contributed by atoms with Gasteiger partial charge in [0.15, 0.2) is 0 Å². The third-order valence-corrected chi connectivity index (χ3v) is 4.14. The van der Waals surface area contributed by atoms with Gasteiger partial charge >= 0.3 is 0 Å². The van der Waals surface area contributed by atoms with Crippen molar-refractivity contribution >= 4 is 21.8 Å². The molecule has 2 aromatic carbocycles. The minimum Gasteiger partial charge on any atom is -0.349 e. The van der Waals surface area contributed by atoms with Crippen molar-refractivity contribution in [2.75, 3.05) is 0 Å². The molecule has 0 saturated carbocycles. The zero-order chi connectivity index (χ0) is 15.4. The Bertz CT molecular complexity index is 640. The second-order valence-electron chi connectivity index (χ2n) is 5.17. The van der Waals surface area contributed by atoms with Crippen LogP contribution < -0.4 is 5.32 Å². The average Bonchev–Trinajstić information content (AvgIpc) is 2.44. The predicted molar refractivity (Wildman–Crippen MR) is 85.9 cm³/mol. The van der Waals surface area contributed by atoms with E-state index in [9.17, 15) is 9.18 Å². The fraction of sp³-hybridized carbons (Fsp3) is 0.235. The summed E-state index contributed by atoms with van der Waals surface area (Å²) in [6, 6.07) is 11.8. The number of aryl methyl sites for hydroxylation is 1. The molecule has 0 aromatic heterocycles. The Hall–Kier alpha value is -1.68. The van der Waals surface area contributed by atoms with Gasteiger partial charge in [-0.15, -0.1) is 0 Å². The Labute approximate surface area is 132 Å². The highest BCUT2D eigenvalue weighted by Gasteiger charge is 2.11. The summed E-state index contributed by atoms with van der Waals surface area (Å²) < 4.78 is 13.8. The molecular weight excluding hydrogens is 333 g/mol. The molecule has 110 valence electrons. The van der Waals surface area contributed by atoms with Gasteiger partial charge in [0.1, 0.15) is 5.82 Å². The zero-order valence-electron chi connectivity index (χ0n) is 12.0. The molecule has 1 atom stereocenters. The van der Waals surface area contributed by atoms with Crippen molar-refractivity contribution in [1.82, 2.24) is 5.32 Å². The Morgan fingerprint density at radius 1 is 1.24 bits per heavy atom. The van der Waals surface area contributed by atoms with E-state index in [2.05, 4.69) is 21.2 Å². The van der Waals surface area contributed by atoms with Crippen molar-refractivity contribution in [3.8, 4) is 0 Å². The second kappa shape index (κ2) is 6.85. The fourth-order valence-electron chi connectivity index (χ4n) is 2.12. The topological polar surface area (TPSA) is 29.1 Å². The van der Waals surface area contributed by atoms with Gasteiger partial charge in [0.25, 0.3) is 5.91 Å². The van der Waals surface area contributed by atoms with Crippen molar-refractivity contribution < 1.29 is 9.18 Å². The minimum atomic E-state index is -0.249. The average molecular weight is 350 g/mol. The van der Waals surface area contributed by atoms with Crippen molar-refractivity contribution in [2.45, 2.75) is 26.3 Å². The summed E-state index contributed by atoms with van der Waals surface area (Å²) >= 11 is 3.42. The number of hydrogen-bond donors (Lipinski definition) is 1. The number of hydrogen-bond acceptors (Lipinski definition) is 1. The van der Waals surface area contributed by atoms with Crippen molar-refractivity contribution in [3.05, 3.63) is 69.4 Å². The summed E-state index contributed by atoms with van der Waals surface area (Å²) in [5, 5.41) is 2.96. The van der Waals surface area contributed by atoms with Crippen LogP contribution in [-0.4, -0.2) is 11.9 Å². The molecule has 1 N–H and O–H groups in total. The van der Waals surface area contributed by atoms with E-state index in [1.54, 1.807) is 18.2 Å². The Morgan fingerprint density at radius 2 is 1.90 bits per heavy atom. The van der Waals surface area contributed by atoms with Crippen LogP contribution in [0, 0.1) is 12.7 Å². The van der Waals surface area contributed by atoms with Crippen LogP contribution in [0.2, 0.25) is 0 Å². The maximum atomic E-state index is 12.9. The van der Waals surface area contributed by atoms with E-state index < -0.39 is 0 Å². The van der Waals surface area contributed by atoms with Gasteiger partial charge in [-0.3, -0.25) is 4.79 Å². The lowest BCUT2D eigenvalue weighted by atomic mass is 10.1. The third-order valence-electron chi connectivity index (χ3n) is 3.25. The molecule has 0 aliphatic carbocycles. The lowest BCUT2D eigenvalue weighted by Crippen LogP contribution is -2.34. The van der Waals surface area contributed by atoms with Gasteiger partial charge in [-0.2, -0.15) is 0 Å². The van der Waals surface area contributed by atoms with Gasteiger partial charge in [0.05, 0.1) is 0 Å². The molecule has 0 radical (unpaired) electrons. The van der Waals surface area contributed by atoms with Crippen LogP contribution in [0.4, 0.5) is 4.39 Å². The standard InChI is InChI=1S/C17H17BrFNO/c1-11-9-14(5-8-16(11)18)17(21)20-12(2)10-13-3-6-15(19)7-4-13/h3-9,12H,10H2,1-2H3,(H,20,21). The molecule has 2 aromatic rings. The second-order valence-corrected chi connectivity index (χ2v) is 6.02. The maximum absolute atomic E-state index is 12.9. The number of benzene rings is 2. The quantitative estimate of drug-likeness (QED) is 0.877. The molecule has 2 rings (SSSR count). The maximum Gasteiger partial charge on any atom is 0.251 e. The van der Waals surface area contributed by atoms with Crippen LogP contribution in [-0.2, 0) is 6.42 Å². The summed E-state index contributed by atoms with van der Waals surface area (Å²) in [4.78, 5) is 12.2. The first-order valence-corrected chi connectivity index (χ1v) is 7.56. The van der Waals surface area contributed by atoms with Crippen LogP contribution in [0.25, 0.3) is 0 Å². The van der Waals surface area contributed by atoms with Gasteiger partial charge < -0.3 is 5.32 Å². The molecule has 1 amide bonds. The molecular formula is C17H17BrFNO. The number of carbonyl (C=O) groups excluding carboxylic acids is 1. The van der Waals surface area contributed by atoms with E-state index in [-0.39, 0.29) is 17.8 Å². The van der Waals surface area contributed by atoms with Gasteiger partial charge in [0.2, 0.25) is 0 Å². The Balaban J connectivity index is 1.98. The first-order valence-electron chi connectivity index (χ1n) is 6.77. The molecule has 0 saturated heterocycles. The summed E-state index contributed by atoms with van der Waals surface area (Å²) in [6.45, 7) is 3.88. The highest BCUT2D eigenvalue weighted by molar-refractivity contribution is 9.10. The van der Waals surface area contributed by atoms with Gasteiger partial charge in [-0.05, 0) is 61.7 Å². The fourth-order valence-corrected chi connectivity index (χ4v) is 2.36. The number of halogens is 2. The monoisotopic (exact) mass is 349 g/mol. The molecule has 0 aliphatic rings. The van der Waals surface area contributed by atoms with E-state index >= 15 is 0 Å². The van der Waals surface area contributed by atoms with E-state index in [4.69, 9.17) is 0 Å². The molecule has 0 heterocycles. The lowest BCUT2D eigenvalue weighted by Gasteiger charge is -2.14. The third kappa shape index (κ3) is 4.39. The Kier molecular flexibility index (Phi) is 5.12. The number of carbonyl (C=O) groups is 1. The predicted octanol–water partition coefficient (Wildman–Crippen LogP) is 4.26. The van der Waals surface area contributed by atoms with E-state index in [0.717, 1.165) is 15.6 Å².